The highest BCUT2D eigenvalue weighted by Gasteiger charge is 2.31. The molecule has 0 aromatic heterocycles. The van der Waals surface area contributed by atoms with Crippen molar-refractivity contribution in [1.29, 1.82) is 0 Å². The van der Waals surface area contributed by atoms with Crippen molar-refractivity contribution in [3.05, 3.63) is 34.9 Å². The maximum atomic E-state index is 13.1. The third-order valence-electron chi connectivity index (χ3n) is 5.24. The SMILES string of the molecule is COCCCNC(=O)CN1CCN(C(=O)C(NC(=O)c2ccccc2Cl)C(C)C)CC1. The normalized spacial score (nSPS) is 15.6. The van der Waals surface area contributed by atoms with Crippen molar-refractivity contribution < 1.29 is 19.1 Å². The van der Waals surface area contributed by atoms with E-state index in [2.05, 4.69) is 10.6 Å². The van der Waals surface area contributed by atoms with Gasteiger partial charge in [-0.05, 0) is 24.5 Å². The van der Waals surface area contributed by atoms with E-state index in [1.807, 2.05) is 18.7 Å². The van der Waals surface area contributed by atoms with Crippen LogP contribution in [0.2, 0.25) is 5.02 Å². The van der Waals surface area contributed by atoms with Crippen LogP contribution in [0.4, 0.5) is 0 Å². The van der Waals surface area contributed by atoms with Crippen LogP contribution in [-0.2, 0) is 14.3 Å². The second-order valence-electron chi connectivity index (χ2n) is 7.97. The summed E-state index contributed by atoms with van der Waals surface area (Å²) < 4.78 is 4.97. The summed E-state index contributed by atoms with van der Waals surface area (Å²) in [5.74, 6) is -0.571. The van der Waals surface area contributed by atoms with Crippen LogP contribution in [0.1, 0.15) is 30.6 Å². The van der Waals surface area contributed by atoms with Crippen molar-refractivity contribution in [1.82, 2.24) is 20.4 Å². The Morgan fingerprint density at radius 1 is 1.13 bits per heavy atom. The molecule has 172 valence electrons. The van der Waals surface area contributed by atoms with Gasteiger partial charge in [0, 0.05) is 46.4 Å². The number of halogens is 1. The summed E-state index contributed by atoms with van der Waals surface area (Å²) in [6, 6.07) is 6.14. The molecule has 0 aliphatic carbocycles. The van der Waals surface area contributed by atoms with Gasteiger partial charge in [0.2, 0.25) is 11.8 Å². The summed E-state index contributed by atoms with van der Waals surface area (Å²) >= 11 is 6.11. The molecule has 9 heteroatoms. The van der Waals surface area contributed by atoms with Gasteiger partial charge in [-0.1, -0.05) is 37.6 Å². The third kappa shape index (κ3) is 7.79. The molecule has 1 saturated heterocycles. The molecule has 0 radical (unpaired) electrons. The first-order chi connectivity index (χ1) is 14.8. The van der Waals surface area contributed by atoms with Gasteiger partial charge in [0.05, 0.1) is 17.1 Å². The molecule has 1 aliphatic rings. The first-order valence-electron chi connectivity index (χ1n) is 10.7. The van der Waals surface area contributed by atoms with Crippen LogP contribution in [0.25, 0.3) is 0 Å². The molecular weight excluding hydrogens is 420 g/mol. The Morgan fingerprint density at radius 3 is 2.42 bits per heavy atom. The Morgan fingerprint density at radius 2 is 1.81 bits per heavy atom. The Kier molecular flexibility index (Phi) is 10.2. The van der Waals surface area contributed by atoms with Gasteiger partial charge >= 0.3 is 0 Å². The highest BCUT2D eigenvalue weighted by atomic mass is 35.5. The van der Waals surface area contributed by atoms with Crippen LogP contribution in [-0.4, -0.2) is 86.5 Å². The number of carbonyl (C=O) groups excluding carboxylic acids is 3. The molecule has 3 amide bonds. The molecule has 0 saturated carbocycles. The summed E-state index contributed by atoms with van der Waals surface area (Å²) in [7, 11) is 1.63. The molecular formula is C22H33ClN4O4. The molecule has 1 aromatic carbocycles. The molecule has 1 fully saturated rings. The van der Waals surface area contributed by atoms with Crippen molar-refractivity contribution >= 4 is 29.3 Å². The Labute approximate surface area is 189 Å². The quantitative estimate of drug-likeness (QED) is 0.523. The fourth-order valence-corrected chi connectivity index (χ4v) is 3.63. The minimum absolute atomic E-state index is 0.0251. The molecule has 1 unspecified atom stereocenters. The largest absolute Gasteiger partial charge is 0.385 e. The molecule has 1 aliphatic heterocycles. The number of ether oxygens (including phenoxy) is 1. The molecule has 2 N–H and O–H groups in total. The maximum Gasteiger partial charge on any atom is 0.253 e. The Balaban J connectivity index is 1.85. The third-order valence-corrected chi connectivity index (χ3v) is 5.57. The monoisotopic (exact) mass is 452 g/mol. The van der Waals surface area contributed by atoms with Crippen molar-refractivity contribution in [2.75, 3.05) is 53.0 Å². The number of hydrogen-bond acceptors (Lipinski definition) is 5. The zero-order valence-corrected chi connectivity index (χ0v) is 19.3. The van der Waals surface area contributed by atoms with Gasteiger partial charge in [-0.15, -0.1) is 0 Å². The van der Waals surface area contributed by atoms with Crippen LogP contribution in [0.3, 0.4) is 0 Å². The first kappa shape index (κ1) is 25.1. The number of methoxy groups -OCH3 is 1. The Bertz CT molecular complexity index is 751. The molecule has 1 atom stereocenters. The summed E-state index contributed by atoms with van der Waals surface area (Å²) in [6.07, 6.45) is 0.779. The average Bonchev–Trinajstić information content (AvgIpc) is 2.75. The van der Waals surface area contributed by atoms with Crippen LogP contribution in [0.5, 0.6) is 0 Å². The number of carbonyl (C=O) groups is 3. The minimum Gasteiger partial charge on any atom is -0.385 e. The molecule has 0 spiro atoms. The highest BCUT2D eigenvalue weighted by molar-refractivity contribution is 6.33. The first-order valence-corrected chi connectivity index (χ1v) is 11.0. The second kappa shape index (κ2) is 12.6. The van der Waals surface area contributed by atoms with E-state index < -0.39 is 6.04 Å². The maximum absolute atomic E-state index is 13.1. The van der Waals surface area contributed by atoms with E-state index in [0.717, 1.165) is 6.42 Å². The number of benzene rings is 1. The molecule has 1 heterocycles. The molecule has 0 bridgehead atoms. The zero-order valence-electron chi connectivity index (χ0n) is 18.5. The smallest absolute Gasteiger partial charge is 0.253 e. The van der Waals surface area contributed by atoms with Gasteiger partial charge < -0.3 is 20.3 Å². The van der Waals surface area contributed by atoms with E-state index in [-0.39, 0.29) is 23.6 Å². The fraction of sp³-hybridized carbons (Fsp3) is 0.591. The van der Waals surface area contributed by atoms with Gasteiger partial charge in [0.15, 0.2) is 0 Å². The van der Waals surface area contributed by atoms with E-state index in [0.29, 0.717) is 56.5 Å². The van der Waals surface area contributed by atoms with Gasteiger partial charge in [0.1, 0.15) is 6.04 Å². The molecule has 8 nitrogen and oxygen atoms in total. The van der Waals surface area contributed by atoms with Crippen molar-refractivity contribution in [3.8, 4) is 0 Å². The lowest BCUT2D eigenvalue weighted by Crippen LogP contribution is -2.57. The number of hydrogen-bond donors (Lipinski definition) is 2. The van der Waals surface area contributed by atoms with E-state index in [1.165, 1.54) is 0 Å². The van der Waals surface area contributed by atoms with Gasteiger partial charge in [-0.2, -0.15) is 0 Å². The summed E-state index contributed by atoms with van der Waals surface area (Å²) in [4.78, 5) is 41.6. The minimum atomic E-state index is -0.639. The van der Waals surface area contributed by atoms with E-state index >= 15 is 0 Å². The second-order valence-corrected chi connectivity index (χ2v) is 8.38. The van der Waals surface area contributed by atoms with Crippen LogP contribution in [0.15, 0.2) is 24.3 Å². The number of amides is 3. The van der Waals surface area contributed by atoms with E-state index in [4.69, 9.17) is 16.3 Å². The van der Waals surface area contributed by atoms with Crippen molar-refractivity contribution in [3.63, 3.8) is 0 Å². The van der Waals surface area contributed by atoms with Crippen LogP contribution >= 0.6 is 11.6 Å². The van der Waals surface area contributed by atoms with Crippen LogP contribution in [0, 0.1) is 5.92 Å². The summed E-state index contributed by atoms with van der Waals surface area (Å²) in [6.45, 7) is 7.57. The predicted octanol–water partition coefficient (Wildman–Crippen LogP) is 1.39. The lowest BCUT2D eigenvalue weighted by molar-refractivity contribution is -0.136. The van der Waals surface area contributed by atoms with E-state index in [9.17, 15) is 14.4 Å². The predicted molar refractivity (Wildman–Crippen MR) is 120 cm³/mol. The number of nitrogens with zero attached hydrogens (tertiary/aromatic N) is 2. The average molecular weight is 453 g/mol. The van der Waals surface area contributed by atoms with Gasteiger partial charge in [-0.25, -0.2) is 0 Å². The summed E-state index contributed by atoms with van der Waals surface area (Å²) in [5.41, 5.74) is 0.351. The van der Waals surface area contributed by atoms with Crippen molar-refractivity contribution in [2.45, 2.75) is 26.3 Å². The molecule has 1 aromatic rings. The topological polar surface area (TPSA) is 91.0 Å². The summed E-state index contributed by atoms with van der Waals surface area (Å²) in [5, 5.41) is 6.07. The molecule has 31 heavy (non-hydrogen) atoms. The molecule has 2 rings (SSSR count). The highest BCUT2D eigenvalue weighted by Crippen LogP contribution is 2.16. The van der Waals surface area contributed by atoms with Crippen LogP contribution < -0.4 is 10.6 Å². The van der Waals surface area contributed by atoms with E-state index in [1.54, 1.807) is 36.3 Å². The number of nitrogens with one attached hydrogen (secondary N) is 2. The van der Waals surface area contributed by atoms with Crippen molar-refractivity contribution in [2.24, 2.45) is 5.92 Å². The number of rotatable bonds is 10. The van der Waals surface area contributed by atoms with Gasteiger partial charge in [-0.3, -0.25) is 19.3 Å². The lowest BCUT2D eigenvalue weighted by Gasteiger charge is -2.37. The number of piperazine rings is 1. The fourth-order valence-electron chi connectivity index (χ4n) is 3.40. The lowest BCUT2D eigenvalue weighted by atomic mass is 10.0. The zero-order chi connectivity index (χ0) is 22.8. The standard InChI is InChI=1S/C22H33ClN4O4/c1-16(2)20(25-21(29)17-7-4-5-8-18(17)23)22(30)27-12-10-26(11-13-27)15-19(28)24-9-6-14-31-3/h4-5,7-8,16,20H,6,9-15H2,1-3H3,(H,24,28)(H,25,29). The van der Waals surface area contributed by atoms with Gasteiger partial charge in [0.25, 0.3) is 5.91 Å². The Hall–Kier alpha value is -2.16.